The van der Waals surface area contributed by atoms with Gasteiger partial charge < -0.3 is 5.11 Å². The quantitative estimate of drug-likeness (QED) is 0.905. The first-order chi connectivity index (χ1) is 9.15. The number of hydrogen-bond donors (Lipinski definition) is 1. The van der Waals surface area contributed by atoms with Crippen LogP contribution in [-0.2, 0) is 12.8 Å². The molecule has 1 atom stereocenters. The minimum absolute atomic E-state index is 0.387. The van der Waals surface area contributed by atoms with Gasteiger partial charge in [-0.15, -0.1) is 0 Å². The van der Waals surface area contributed by atoms with Crippen LogP contribution in [0, 0.1) is 6.92 Å². The average molecular weight is 276 g/mol. The lowest BCUT2D eigenvalue weighted by Gasteiger charge is -2.12. The standard InChI is InChI=1S/C16H18ClNO/c1-12-5-6-13(16(17)10-12)11-15(19)8-7-14-4-2-3-9-18-14/h2-6,9-10,15,19H,7-8,11H2,1H3. The zero-order valence-electron chi connectivity index (χ0n) is 11.0. The molecule has 1 aromatic heterocycles. The molecule has 2 rings (SSSR count). The molecule has 2 aromatic rings. The Bertz CT molecular complexity index is 528. The van der Waals surface area contributed by atoms with Crippen molar-refractivity contribution in [2.75, 3.05) is 0 Å². The molecule has 0 aliphatic carbocycles. The number of aliphatic hydroxyl groups excluding tert-OH is 1. The van der Waals surface area contributed by atoms with Gasteiger partial charge in [-0.2, -0.15) is 0 Å². The van der Waals surface area contributed by atoms with Crippen molar-refractivity contribution in [3.63, 3.8) is 0 Å². The molecule has 3 heteroatoms. The summed E-state index contributed by atoms with van der Waals surface area (Å²) in [5.41, 5.74) is 3.15. The van der Waals surface area contributed by atoms with E-state index in [1.54, 1.807) is 6.20 Å². The zero-order chi connectivity index (χ0) is 13.7. The average Bonchev–Trinajstić information content (AvgIpc) is 2.41. The Morgan fingerprint density at radius 3 is 2.79 bits per heavy atom. The highest BCUT2D eigenvalue weighted by Crippen LogP contribution is 2.20. The molecule has 0 saturated heterocycles. The lowest BCUT2D eigenvalue weighted by molar-refractivity contribution is 0.165. The Hall–Kier alpha value is -1.38. The predicted octanol–water partition coefficient (Wildman–Crippen LogP) is 3.58. The second-order valence-corrected chi connectivity index (χ2v) is 5.22. The molecule has 19 heavy (non-hydrogen) atoms. The molecule has 0 saturated carbocycles. The first-order valence-corrected chi connectivity index (χ1v) is 6.86. The highest BCUT2D eigenvalue weighted by molar-refractivity contribution is 6.31. The van der Waals surface area contributed by atoms with Crippen molar-refractivity contribution in [3.8, 4) is 0 Å². The van der Waals surface area contributed by atoms with Crippen LogP contribution in [0.3, 0.4) is 0 Å². The number of nitrogens with zero attached hydrogens (tertiary/aromatic N) is 1. The van der Waals surface area contributed by atoms with Gasteiger partial charge in [0.2, 0.25) is 0 Å². The normalized spacial score (nSPS) is 12.4. The first kappa shape index (κ1) is 14.0. The number of pyridine rings is 1. The Morgan fingerprint density at radius 2 is 2.11 bits per heavy atom. The maximum atomic E-state index is 10.1. The zero-order valence-corrected chi connectivity index (χ0v) is 11.8. The van der Waals surface area contributed by atoms with Gasteiger partial charge in [-0.05, 0) is 55.5 Å². The number of aryl methyl sites for hydroxylation is 2. The molecule has 0 spiro atoms. The van der Waals surface area contributed by atoms with Crippen LogP contribution in [0.25, 0.3) is 0 Å². The van der Waals surface area contributed by atoms with Crippen molar-refractivity contribution >= 4 is 11.6 Å². The van der Waals surface area contributed by atoms with Crippen LogP contribution >= 0.6 is 11.6 Å². The van der Waals surface area contributed by atoms with Crippen LogP contribution in [0.1, 0.15) is 23.2 Å². The van der Waals surface area contributed by atoms with Crippen molar-refractivity contribution < 1.29 is 5.11 Å². The van der Waals surface area contributed by atoms with Gasteiger partial charge >= 0.3 is 0 Å². The Kier molecular flexibility index (Phi) is 4.94. The van der Waals surface area contributed by atoms with Gasteiger partial charge in [0, 0.05) is 16.9 Å². The summed E-state index contributed by atoms with van der Waals surface area (Å²) in [7, 11) is 0. The van der Waals surface area contributed by atoms with Crippen molar-refractivity contribution in [1.29, 1.82) is 0 Å². The number of aromatic nitrogens is 1. The van der Waals surface area contributed by atoms with Crippen LogP contribution < -0.4 is 0 Å². The third-order valence-corrected chi connectivity index (χ3v) is 3.48. The largest absolute Gasteiger partial charge is 0.393 e. The second kappa shape index (κ2) is 6.69. The smallest absolute Gasteiger partial charge is 0.0584 e. The third kappa shape index (κ3) is 4.34. The van der Waals surface area contributed by atoms with E-state index >= 15 is 0 Å². The highest BCUT2D eigenvalue weighted by Gasteiger charge is 2.09. The number of benzene rings is 1. The molecule has 0 aliphatic rings. The molecule has 0 radical (unpaired) electrons. The van der Waals surface area contributed by atoms with Crippen LogP contribution in [0.4, 0.5) is 0 Å². The monoisotopic (exact) mass is 275 g/mol. The van der Waals surface area contributed by atoms with Gasteiger partial charge in [-0.25, -0.2) is 0 Å². The molecule has 1 aromatic carbocycles. The van der Waals surface area contributed by atoms with E-state index in [0.717, 1.165) is 28.3 Å². The summed E-state index contributed by atoms with van der Waals surface area (Å²) in [6.45, 7) is 2.01. The van der Waals surface area contributed by atoms with Gasteiger partial charge in [0.05, 0.1) is 6.10 Å². The molecule has 1 N–H and O–H groups in total. The molecule has 2 nitrogen and oxygen atoms in total. The Morgan fingerprint density at radius 1 is 1.26 bits per heavy atom. The van der Waals surface area contributed by atoms with Crippen LogP contribution in [-0.4, -0.2) is 16.2 Å². The molecular formula is C16H18ClNO. The Balaban J connectivity index is 1.89. The summed E-state index contributed by atoms with van der Waals surface area (Å²) in [4.78, 5) is 4.25. The van der Waals surface area contributed by atoms with Gasteiger partial charge in [-0.3, -0.25) is 4.98 Å². The third-order valence-electron chi connectivity index (χ3n) is 3.12. The van der Waals surface area contributed by atoms with Gasteiger partial charge in [0.1, 0.15) is 0 Å². The summed E-state index contributed by atoms with van der Waals surface area (Å²) in [5.74, 6) is 0. The molecule has 1 unspecified atom stereocenters. The van der Waals surface area contributed by atoms with Crippen molar-refractivity contribution in [3.05, 3.63) is 64.4 Å². The van der Waals surface area contributed by atoms with Crippen molar-refractivity contribution in [2.24, 2.45) is 0 Å². The Labute approximate surface area is 119 Å². The van der Waals surface area contributed by atoms with E-state index in [-0.39, 0.29) is 6.10 Å². The summed E-state index contributed by atoms with van der Waals surface area (Å²) in [5, 5.41) is 10.8. The van der Waals surface area contributed by atoms with Crippen molar-refractivity contribution in [1.82, 2.24) is 4.98 Å². The molecular weight excluding hydrogens is 258 g/mol. The highest BCUT2D eigenvalue weighted by atomic mass is 35.5. The minimum Gasteiger partial charge on any atom is -0.393 e. The number of hydrogen-bond acceptors (Lipinski definition) is 2. The maximum absolute atomic E-state index is 10.1. The first-order valence-electron chi connectivity index (χ1n) is 6.48. The molecule has 0 amide bonds. The van der Waals surface area contributed by atoms with Crippen LogP contribution in [0.2, 0.25) is 5.02 Å². The van der Waals surface area contributed by atoms with E-state index in [4.69, 9.17) is 11.6 Å². The molecule has 0 aliphatic heterocycles. The van der Waals surface area contributed by atoms with Crippen LogP contribution in [0.5, 0.6) is 0 Å². The summed E-state index contributed by atoms with van der Waals surface area (Å²) in [6.07, 6.45) is 3.46. The van der Waals surface area contributed by atoms with E-state index in [1.807, 2.05) is 43.3 Å². The van der Waals surface area contributed by atoms with Gasteiger partial charge in [0.15, 0.2) is 0 Å². The lowest BCUT2D eigenvalue weighted by Crippen LogP contribution is -2.12. The fourth-order valence-corrected chi connectivity index (χ4v) is 2.35. The number of halogens is 1. The van der Waals surface area contributed by atoms with E-state index in [0.29, 0.717) is 12.8 Å². The number of aliphatic hydroxyl groups is 1. The van der Waals surface area contributed by atoms with E-state index in [9.17, 15) is 5.11 Å². The lowest BCUT2D eigenvalue weighted by atomic mass is 10.0. The fraction of sp³-hybridized carbons (Fsp3) is 0.312. The molecule has 1 heterocycles. The van der Waals surface area contributed by atoms with Gasteiger partial charge in [0.25, 0.3) is 0 Å². The molecule has 100 valence electrons. The summed E-state index contributed by atoms with van der Waals surface area (Å²) in [6, 6.07) is 11.8. The SMILES string of the molecule is Cc1ccc(CC(O)CCc2ccccn2)c(Cl)c1. The van der Waals surface area contributed by atoms with E-state index in [1.165, 1.54) is 0 Å². The van der Waals surface area contributed by atoms with Gasteiger partial charge in [-0.1, -0.05) is 29.8 Å². The summed E-state index contributed by atoms with van der Waals surface area (Å²) < 4.78 is 0. The van der Waals surface area contributed by atoms with E-state index in [2.05, 4.69) is 4.98 Å². The minimum atomic E-state index is -0.387. The molecule has 0 fully saturated rings. The maximum Gasteiger partial charge on any atom is 0.0584 e. The van der Waals surface area contributed by atoms with Crippen LogP contribution in [0.15, 0.2) is 42.6 Å². The predicted molar refractivity (Wildman–Crippen MR) is 78.5 cm³/mol. The molecule has 0 bridgehead atoms. The summed E-state index contributed by atoms with van der Waals surface area (Å²) >= 11 is 6.17. The fourth-order valence-electron chi connectivity index (χ4n) is 2.03. The number of rotatable bonds is 5. The van der Waals surface area contributed by atoms with Crippen molar-refractivity contribution in [2.45, 2.75) is 32.3 Å². The topological polar surface area (TPSA) is 33.1 Å². The van der Waals surface area contributed by atoms with E-state index < -0.39 is 0 Å². The second-order valence-electron chi connectivity index (χ2n) is 4.81.